The molecule has 3 nitrogen and oxygen atoms in total. The van der Waals surface area contributed by atoms with Crippen molar-refractivity contribution in [3.8, 4) is 0 Å². The average Bonchev–Trinajstić information content (AvgIpc) is 2.94. The number of benzene rings is 1. The highest BCUT2D eigenvalue weighted by Gasteiger charge is 2.17. The number of hydrogen-bond acceptors (Lipinski definition) is 3. The minimum Gasteiger partial charge on any atom is -0.472 e. The topological polar surface area (TPSA) is 19.6 Å². The Hall–Kier alpha value is -1.81. The van der Waals surface area contributed by atoms with Gasteiger partial charge in [-0.05, 0) is 30.3 Å². The van der Waals surface area contributed by atoms with E-state index in [1.54, 1.807) is 12.5 Å². The number of rotatable bonds is 3. The van der Waals surface area contributed by atoms with Crippen molar-refractivity contribution in [1.29, 1.82) is 0 Å². The molecule has 0 atom stereocenters. The summed E-state index contributed by atoms with van der Waals surface area (Å²) in [7, 11) is 0. The van der Waals surface area contributed by atoms with E-state index in [1.165, 1.54) is 17.7 Å². The summed E-state index contributed by atoms with van der Waals surface area (Å²) in [4.78, 5) is 4.70. The van der Waals surface area contributed by atoms with Crippen molar-refractivity contribution in [1.82, 2.24) is 4.90 Å². The summed E-state index contributed by atoms with van der Waals surface area (Å²) in [5, 5.41) is 0. The molecule has 1 aromatic heterocycles. The van der Waals surface area contributed by atoms with Crippen LogP contribution in [0, 0.1) is 5.82 Å². The van der Waals surface area contributed by atoms with Gasteiger partial charge in [-0.25, -0.2) is 4.39 Å². The number of piperazine rings is 1. The average molecular weight is 260 g/mol. The molecule has 19 heavy (non-hydrogen) atoms. The molecule has 1 saturated heterocycles. The van der Waals surface area contributed by atoms with Crippen molar-refractivity contribution >= 4 is 5.69 Å². The van der Waals surface area contributed by atoms with Crippen LogP contribution in [0.2, 0.25) is 0 Å². The van der Waals surface area contributed by atoms with Gasteiger partial charge in [0, 0.05) is 44.0 Å². The van der Waals surface area contributed by atoms with Crippen molar-refractivity contribution in [2.75, 3.05) is 31.1 Å². The Bertz CT molecular complexity index is 501. The second-order valence-corrected chi connectivity index (χ2v) is 4.87. The summed E-state index contributed by atoms with van der Waals surface area (Å²) in [6.07, 6.45) is 3.51. The maximum absolute atomic E-state index is 12.9. The first kappa shape index (κ1) is 12.2. The molecule has 0 bridgehead atoms. The molecule has 0 amide bonds. The standard InChI is InChI=1S/C15H17FN2O/c16-14-1-3-15(4-2-14)18-8-6-17(7-9-18)11-13-5-10-19-12-13/h1-5,10,12H,6-9,11H2. The van der Waals surface area contributed by atoms with Gasteiger partial charge in [0.15, 0.2) is 0 Å². The third-order valence-electron chi connectivity index (χ3n) is 3.55. The summed E-state index contributed by atoms with van der Waals surface area (Å²) < 4.78 is 18.0. The summed E-state index contributed by atoms with van der Waals surface area (Å²) >= 11 is 0. The fourth-order valence-electron chi connectivity index (χ4n) is 2.46. The zero-order valence-corrected chi connectivity index (χ0v) is 10.8. The van der Waals surface area contributed by atoms with Crippen LogP contribution in [-0.2, 0) is 6.54 Å². The Morgan fingerprint density at radius 3 is 2.37 bits per heavy atom. The lowest BCUT2D eigenvalue weighted by molar-refractivity contribution is 0.249. The Morgan fingerprint density at radius 1 is 1.00 bits per heavy atom. The van der Waals surface area contributed by atoms with Crippen LogP contribution < -0.4 is 4.90 Å². The van der Waals surface area contributed by atoms with Crippen molar-refractivity contribution in [2.24, 2.45) is 0 Å². The van der Waals surface area contributed by atoms with E-state index >= 15 is 0 Å². The normalized spacial score (nSPS) is 16.8. The quantitative estimate of drug-likeness (QED) is 0.846. The summed E-state index contributed by atoms with van der Waals surface area (Å²) in [5.41, 5.74) is 2.32. The van der Waals surface area contributed by atoms with Crippen LogP contribution in [0.3, 0.4) is 0 Å². The van der Waals surface area contributed by atoms with E-state index in [1.807, 2.05) is 18.2 Å². The second kappa shape index (κ2) is 5.45. The smallest absolute Gasteiger partial charge is 0.123 e. The Labute approximate surface area is 112 Å². The van der Waals surface area contributed by atoms with Gasteiger partial charge in [0.2, 0.25) is 0 Å². The zero-order chi connectivity index (χ0) is 13.1. The molecule has 4 heteroatoms. The van der Waals surface area contributed by atoms with Crippen LogP contribution in [0.1, 0.15) is 5.56 Å². The Kier molecular flexibility index (Phi) is 3.51. The highest BCUT2D eigenvalue weighted by molar-refractivity contribution is 5.46. The molecule has 0 saturated carbocycles. The van der Waals surface area contributed by atoms with Gasteiger partial charge in [-0.15, -0.1) is 0 Å². The molecule has 2 heterocycles. The van der Waals surface area contributed by atoms with Gasteiger partial charge in [0.1, 0.15) is 5.82 Å². The third kappa shape index (κ3) is 2.96. The maximum Gasteiger partial charge on any atom is 0.123 e. The lowest BCUT2D eigenvalue weighted by atomic mass is 10.2. The lowest BCUT2D eigenvalue weighted by Crippen LogP contribution is -2.45. The molecule has 100 valence electrons. The highest BCUT2D eigenvalue weighted by Crippen LogP contribution is 2.17. The van der Waals surface area contributed by atoms with E-state index in [0.29, 0.717) is 0 Å². The Morgan fingerprint density at radius 2 is 1.74 bits per heavy atom. The SMILES string of the molecule is Fc1ccc(N2CCN(Cc3ccoc3)CC2)cc1. The largest absolute Gasteiger partial charge is 0.472 e. The first-order valence-corrected chi connectivity index (χ1v) is 6.55. The maximum atomic E-state index is 12.9. The molecule has 1 fully saturated rings. The van der Waals surface area contributed by atoms with E-state index in [9.17, 15) is 4.39 Å². The van der Waals surface area contributed by atoms with Crippen molar-refractivity contribution in [3.05, 3.63) is 54.2 Å². The van der Waals surface area contributed by atoms with E-state index in [2.05, 4.69) is 9.80 Å². The summed E-state index contributed by atoms with van der Waals surface area (Å²) in [6.45, 7) is 4.92. The minimum atomic E-state index is -0.178. The van der Waals surface area contributed by atoms with Gasteiger partial charge in [-0.2, -0.15) is 0 Å². The summed E-state index contributed by atoms with van der Waals surface area (Å²) in [6, 6.07) is 8.74. The fourth-order valence-corrected chi connectivity index (χ4v) is 2.46. The number of nitrogens with zero attached hydrogens (tertiary/aromatic N) is 2. The van der Waals surface area contributed by atoms with Gasteiger partial charge < -0.3 is 9.32 Å². The first-order chi connectivity index (χ1) is 9.31. The van der Waals surface area contributed by atoms with Crippen LogP contribution in [0.5, 0.6) is 0 Å². The number of hydrogen-bond donors (Lipinski definition) is 0. The molecule has 0 unspecified atom stereocenters. The van der Waals surface area contributed by atoms with E-state index in [-0.39, 0.29) is 5.82 Å². The third-order valence-corrected chi connectivity index (χ3v) is 3.55. The second-order valence-electron chi connectivity index (χ2n) is 4.87. The van der Waals surface area contributed by atoms with Crippen molar-refractivity contribution in [3.63, 3.8) is 0 Å². The molecule has 1 aliphatic heterocycles. The molecule has 0 aliphatic carbocycles. The monoisotopic (exact) mass is 260 g/mol. The zero-order valence-electron chi connectivity index (χ0n) is 10.8. The van der Waals surface area contributed by atoms with Gasteiger partial charge >= 0.3 is 0 Å². The predicted molar refractivity (Wildman–Crippen MR) is 72.6 cm³/mol. The highest BCUT2D eigenvalue weighted by atomic mass is 19.1. The van der Waals surface area contributed by atoms with Gasteiger partial charge in [-0.1, -0.05) is 0 Å². The molecule has 0 spiro atoms. The molecule has 2 aromatic rings. The Balaban J connectivity index is 1.56. The van der Waals surface area contributed by atoms with Crippen molar-refractivity contribution < 1.29 is 8.81 Å². The van der Waals surface area contributed by atoms with Gasteiger partial charge in [-0.3, -0.25) is 4.90 Å². The van der Waals surface area contributed by atoms with Gasteiger partial charge in [0.25, 0.3) is 0 Å². The summed E-state index contributed by atoms with van der Waals surface area (Å²) in [5.74, 6) is -0.178. The van der Waals surface area contributed by atoms with Crippen LogP contribution >= 0.6 is 0 Å². The molecule has 1 aromatic carbocycles. The van der Waals surface area contributed by atoms with E-state index in [4.69, 9.17) is 4.42 Å². The molecule has 0 N–H and O–H groups in total. The minimum absolute atomic E-state index is 0.178. The molecular weight excluding hydrogens is 243 g/mol. The van der Waals surface area contributed by atoms with Gasteiger partial charge in [0.05, 0.1) is 12.5 Å². The molecule has 0 radical (unpaired) electrons. The number of furan rings is 1. The molecular formula is C15H17FN2O. The van der Waals surface area contributed by atoms with E-state index in [0.717, 1.165) is 38.4 Å². The lowest BCUT2D eigenvalue weighted by Gasteiger charge is -2.35. The molecule has 1 aliphatic rings. The van der Waals surface area contributed by atoms with E-state index < -0.39 is 0 Å². The predicted octanol–water partition coefficient (Wildman–Crippen LogP) is 2.74. The first-order valence-electron chi connectivity index (χ1n) is 6.55. The molecule has 3 rings (SSSR count). The van der Waals surface area contributed by atoms with Crippen LogP contribution in [-0.4, -0.2) is 31.1 Å². The van der Waals surface area contributed by atoms with Crippen LogP contribution in [0.4, 0.5) is 10.1 Å². The number of anilines is 1. The van der Waals surface area contributed by atoms with Crippen molar-refractivity contribution in [2.45, 2.75) is 6.54 Å². The van der Waals surface area contributed by atoms with Crippen LogP contribution in [0.15, 0.2) is 47.3 Å². The fraction of sp³-hybridized carbons (Fsp3) is 0.333. The number of halogens is 1. The van der Waals surface area contributed by atoms with Crippen LogP contribution in [0.25, 0.3) is 0 Å².